The molecule has 0 spiro atoms. The molecule has 6 heteroatoms. The van der Waals surface area contributed by atoms with Gasteiger partial charge in [-0.1, -0.05) is 19.8 Å². The van der Waals surface area contributed by atoms with Crippen LogP contribution in [0.15, 0.2) is 12.1 Å². The summed E-state index contributed by atoms with van der Waals surface area (Å²) in [7, 11) is 0. The average molecular weight is 323 g/mol. The molecule has 1 fully saturated rings. The van der Waals surface area contributed by atoms with Crippen molar-refractivity contribution in [1.82, 2.24) is 5.32 Å². The molecule has 2 rings (SSSR count). The Labute approximate surface area is 134 Å². The highest BCUT2D eigenvalue weighted by Gasteiger charge is 2.23. The smallest absolute Gasteiger partial charge is 0.348 e. The predicted molar refractivity (Wildman–Crippen MR) is 84.2 cm³/mol. The van der Waals surface area contributed by atoms with E-state index < -0.39 is 5.97 Å². The summed E-state index contributed by atoms with van der Waals surface area (Å²) in [5.41, 5.74) is 0. The van der Waals surface area contributed by atoms with Gasteiger partial charge in [-0.3, -0.25) is 9.59 Å². The van der Waals surface area contributed by atoms with E-state index in [-0.39, 0.29) is 24.3 Å². The maximum Gasteiger partial charge on any atom is 0.348 e. The van der Waals surface area contributed by atoms with Crippen molar-refractivity contribution in [2.45, 2.75) is 45.6 Å². The van der Waals surface area contributed by atoms with Crippen LogP contribution in [0.3, 0.4) is 0 Å². The zero-order valence-corrected chi connectivity index (χ0v) is 13.7. The van der Waals surface area contributed by atoms with Crippen molar-refractivity contribution in [2.75, 3.05) is 6.61 Å². The SMILES string of the molecule is CC(=O)c1ccc(C(=O)OCC(=O)NC2CCCCC2C)s1. The van der Waals surface area contributed by atoms with E-state index in [2.05, 4.69) is 12.2 Å². The summed E-state index contributed by atoms with van der Waals surface area (Å²) in [4.78, 5) is 35.7. The van der Waals surface area contributed by atoms with Crippen molar-refractivity contribution >= 4 is 29.0 Å². The zero-order chi connectivity index (χ0) is 16.1. The van der Waals surface area contributed by atoms with Gasteiger partial charge in [-0.15, -0.1) is 11.3 Å². The molecule has 0 aliphatic heterocycles. The van der Waals surface area contributed by atoms with Gasteiger partial charge in [-0.25, -0.2) is 4.79 Å². The van der Waals surface area contributed by atoms with E-state index in [0.29, 0.717) is 15.7 Å². The van der Waals surface area contributed by atoms with Crippen LogP contribution in [-0.2, 0) is 9.53 Å². The van der Waals surface area contributed by atoms with E-state index in [9.17, 15) is 14.4 Å². The minimum atomic E-state index is -0.565. The lowest BCUT2D eigenvalue weighted by Crippen LogP contribution is -2.42. The van der Waals surface area contributed by atoms with Gasteiger partial charge in [-0.05, 0) is 37.8 Å². The normalized spacial score (nSPS) is 21.2. The van der Waals surface area contributed by atoms with Gasteiger partial charge in [0.15, 0.2) is 12.4 Å². The molecule has 1 saturated carbocycles. The molecule has 0 radical (unpaired) electrons. The summed E-state index contributed by atoms with van der Waals surface area (Å²) in [6.45, 7) is 3.29. The van der Waals surface area contributed by atoms with Crippen LogP contribution in [0.1, 0.15) is 58.9 Å². The first-order chi connectivity index (χ1) is 10.5. The highest BCUT2D eigenvalue weighted by Crippen LogP contribution is 2.23. The Bertz CT molecular complexity index is 566. The summed E-state index contributed by atoms with van der Waals surface area (Å²) in [6.07, 6.45) is 4.43. The second-order valence-corrected chi connectivity index (χ2v) is 6.82. The fraction of sp³-hybridized carbons (Fsp3) is 0.562. The van der Waals surface area contributed by atoms with Crippen molar-refractivity contribution in [3.05, 3.63) is 21.9 Å². The Morgan fingerprint density at radius 1 is 1.23 bits per heavy atom. The van der Waals surface area contributed by atoms with Crippen LogP contribution in [0.5, 0.6) is 0 Å². The van der Waals surface area contributed by atoms with Gasteiger partial charge in [0.2, 0.25) is 0 Å². The number of carbonyl (C=O) groups excluding carboxylic acids is 3. The molecule has 0 saturated heterocycles. The fourth-order valence-electron chi connectivity index (χ4n) is 2.62. The third-order valence-corrected chi connectivity index (χ3v) is 5.11. The van der Waals surface area contributed by atoms with E-state index in [1.54, 1.807) is 12.1 Å². The number of Topliss-reactive ketones (excluding diaryl/α,β-unsaturated/α-hetero) is 1. The third-order valence-electron chi connectivity index (χ3n) is 3.95. The van der Waals surface area contributed by atoms with E-state index in [1.165, 1.54) is 13.3 Å². The summed E-state index contributed by atoms with van der Waals surface area (Å²) >= 11 is 1.08. The summed E-state index contributed by atoms with van der Waals surface area (Å²) in [5.74, 6) is -0.461. The number of amides is 1. The van der Waals surface area contributed by atoms with E-state index >= 15 is 0 Å². The molecule has 1 aliphatic carbocycles. The average Bonchev–Trinajstić information content (AvgIpc) is 2.97. The monoisotopic (exact) mass is 323 g/mol. The van der Waals surface area contributed by atoms with Gasteiger partial charge >= 0.3 is 5.97 Å². The number of ether oxygens (including phenoxy) is 1. The highest BCUT2D eigenvalue weighted by atomic mass is 32.1. The van der Waals surface area contributed by atoms with Crippen LogP contribution in [-0.4, -0.2) is 30.3 Å². The van der Waals surface area contributed by atoms with Crippen molar-refractivity contribution < 1.29 is 19.1 Å². The number of hydrogen-bond acceptors (Lipinski definition) is 5. The van der Waals surface area contributed by atoms with Crippen molar-refractivity contribution in [1.29, 1.82) is 0 Å². The molecule has 0 aromatic carbocycles. The Balaban J connectivity index is 1.79. The molecule has 1 aromatic heterocycles. The lowest BCUT2D eigenvalue weighted by Gasteiger charge is -2.29. The summed E-state index contributed by atoms with van der Waals surface area (Å²) < 4.78 is 5.01. The maximum atomic E-state index is 11.9. The molecule has 1 aliphatic rings. The molecule has 120 valence electrons. The second-order valence-electron chi connectivity index (χ2n) is 5.73. The largest absolute Gasteiger partial charge is 0.451 e. The van der Waals surface area contributed by atoms with Crippen molar-refractivity contribution in [2.24, 2.45) is 5.92 Å². The van der Waals surface area contributed by atoms with E-state index in [1.807, 2.05) is 0 Å². The van der Waals surface area contributed by atoms with Crippen molar-refractivity contribution in [3.63, 3.8) is 0 Å². The number of esters is 1. The molecule has 22 heavy (non-hydrogen) atoms. The topological polar surface area (TPSA) is 72.5 Å². The lowest BCUT2D eigenvalue weighted by atomic mass is 9.86. The standard InChI is InChI=1S/C16H21NO4S/c1-10-5-3-4-6-12(10)17-15(19)9-21-16(20)14-8-7-13(22-14)11(2)18/h7-8,10,12H,3-6,9H2,1-2H3,(H,17,19). The van der Waals surface area contributed by atoms with Gasteiger partial charge in [0, 0.05) is 6.04 Å². The van der Waals surface area contributed by atoms with Gasteiger partial charge in [0.05, 0.1) is 4.88 Å². The first-order valence-electron chi connectivity index (χ1n) is 7.54. The van der Waals surface area contributed by atoms with Crippen LogP contribution >= 0.6 is 11.3 Å². The number of thiophene rings is 1. The number of carbonyl (C=O) groups is 3. The minimum Gasteiger partial charge on any atom is -0.451 e. The van der Waals surface area contributed by atoms with Crippen LogP contribution in [0.4, 0.5) is 0 Å². The van der Waals surface area contributed by atoms with Gasteiger partial charge in [0.25, 0.3) is 5.91 Å². The second kappa shape index (κ2) is 7.54. The maximum absolute atomic E-state index is 11.9. The highest BCUT2D eigenvalue weighted by molar-refractivity contribution is 7.15. The third kappa shape index (κ3) is 4.40. The number of rotatable bonds is 5. The van der Waals surface area contributed by atoms with Gasteiger partial charge < -0.3 is 10.1 Å². The quantitative estimate of drug-likeness (QED) is 0.668. The van der Waals surface area contributed by atoms with Crippen LogP contribution < -0.4 is 5.32 Å². The van der Waals surface area contributed by atoms with Gasteiger partial charge in [0.1, 0.15) is 4.88 Å². The van der Waals surface area contributed by atoms with Gasteiger partial charge in [-0.2, -0.15) is 0 Å². The number of hydrogen-bond donors (Lipinski definition) is 1. The molecule has 2 unspecified atom stereocenters. The summed E-state index contributed by atoms with van der Waals surface area (Å²) in [6, 6.07) is 3.31. The van der Waals surface area contributed by atoms with Crippen LogP contribution in [0.2, 0.25) is 0 Å². The molecule has 1 amide bonds. The molecule has 1 aromatic rings. The first kappa shape index (κ1) is 16.7. The Morgan fingerprint density at radius 3 is 2.55 bits per heavy atom. The molecule has 2 atom stereocenters. The van der Waals surface area contributed by atoms with E-state index in [4.69, 9.17) is 4.74 Å². The summed E-state index contributed by atoms with van der Waals surface area (Å²) in [5, 5.41) is 2.93. The van der Waals surface area contributed by atoms with E-state index in [0.717, 1.165) is 30.6 Å². The molecule has 1 N–H and O–H groups in total. The molecule has 5 nitrogen and oxygen atoms in total. The lowest BCUT2D eigenvalue weighted by molar-refractivity contribution is -0.125. The number of ketones is 1. The van der Waals surface area contributed by atoms with Crippen molar-refractivity contribution in [3.8, 4) is 0 Å². The molecular weight excluding hydrogens is 302 g/mol. The Kier molecular flexibility index (Phi) is 5.71. The first-order valence-corrected chi connectivity index (χ1v) is 8.36. The molecular formula is C16H21NO4S. The van der Waals surface area contributed by atoms with Crippen LogP contribution in [0, 0.1) is 5.92 Å². The Hall–Kier alpha value is -1.69. The Morgan fingerprint density at radius 2 is 1.91 bits per heavy atom. The predicted octanol–water partition coefficient (Wildman–Crippen LogP) is 2.80. The zero-order valence-electron chi connectivity index (χ0n) is 12.9. The molecule has 0 bridgehead atoms. The fourth-order valence-corrected chi connectivity index (χ4v) is 3.41. The minimum absolute atomic E-state index is 0.0897. The van der Waals surface area contributed by atoms with Crippen LogP contribution in [0.25, 0.3) is 0 Å². The molecule has 1 heterocycles. The number of nitrogens with one attached hydrogen (secondary N) is 1.